The van der Waals surface area contributed by atoms with Crippen LogP contribution in [0, 0.1) is 0 Å². The molecule has 3 rings (SSSR count). The number of carbonyl (C=O) groups excluding carboxylic acids is 3. The van der Waals surface area contributed by atoms with Crippen molar-refractivity contribution in [1.29, 1.82) is 0 Å². The third-order valence-electron chi connectivity index (χ3n) is 5.19. The van der Waals surface area contributed by atoms with Gasteiger partial charge in [-0.15, -0.1) is 0 Å². The summed E-state index contributed by atoms with van der Waals surface area (Å²) >= 11 is 0. The number of primary amides is 1. The Hall–Kier alpha value is -4.25. The Bertz CT molecular complexity index is 1110. The summed E-state index contributed by atoms with van der Waals surface area (Å²) in [5, 5.41) is 9.56. The summed E-state index contributed by atoms with van der Waals surface area (Å²) in [7, 11) is 0. The minimum atomic E-state index is -2.62. The number of hydrogen-bond acceptors (Lipinski definition) is 7. The van der Waals surface area contributed by atoms with E-state index in [1.807, 2.05) is 0 Å². The van der Waals surface area contributed by atoms with Crippen LogP contribution in [0.1, 0.15) is 27.6 Å². The number of esters is 2. The van der Waals surface area contributed by atoms with Gasteiger partial charge in [0.1, 0.15) is 12.7 Å². The summed E-state index contributed by atoms with van der Waals surface area (Å²) in [6.45, 7) is 0.428. The second kappa shape index (κ2) is 10.8. The summed E-state index contributed by atoms with van der Waals surface area (Å²) in [6, 6.07) is 15.7. The molecule has 1 fully saturated rings. The van der Waals surface area contributed by atoms with Crippen LogP contribution in [0.25, 0.3) is 0 Å². The van der Waals surface area contributed by atoms with E-state index in [0.29, 0.717) is 11.0 Å². The molecule has 3 N–H and O–H groups in total. The molecule has 35 heavy (non-hydrogen) atoms. The maximum Gasteiger partial charge on any atom is 0.413 e. The van der Waals surface area contributed by atoms with Crippen molar-refractivity contribution in [2.75, 3.05) is 6.61 Å². The zero-order valence-electron chi connectivity index (χ0n) is 18.6. The molecular weight excluding hydrogens is 463 g/mol. The number of carboxylic acid groups (broad SMARTS) is 1. The normalized spacial score (nSPS) is 23.5. The second-order valence-electron chi connectivity index (χ2n) is 7.74. The predicted octanol–water partition coefficient (Wildman–Crippen LogP) is 2.50. The number of alkyl halides is 1. The molecule has 0 spiro atoms. The van der Waals surface area contributed by atoms with Gasteiger partial charge in [0.15, 0.2) is 18.0 Å². The average Bonchev–Trinajstić information content (AvgIpc) is 3.08. The molecule has 0 bridgehead atoms. The zero-order chi connectivity index (χ0) is 25.6. The quantitative estimate of drug-likeness (QED) is 0.428. The van der Waals surface area contributed by atoms with Crippen LogP contribution in [-0.4, -0.2) is 64.7 Å². The lowest BCUT2D eigenvalue weighted by molar-refractivity contribution is -0.113. The van der Waals surface area contributed by atoms with Crippen molar-refractivity contribution in [2.45, 2.75) is 31.0 Å². The number of ether oxygens (including phenoxy) is 3. The van der Waals surface area contributed by atoms with Crippen LogP contribution in [0.3, 0.4) is 0 Å². The number of hydrogen-bond donors (Lipinski definition) is 2. The number of rotatable bonds is 8. The summed E-state index contributed by atoms with van der Waals surface area (Å²) in [6.07, 6.45) is -5.12. The summed E-state index contributed by atoms with van der Waals surface area (Å²) in [5.74, 6) is -2.61. The molecule has 11 heteroatoms. The molecule has 1 aliphatic heterocycles. The van der Waals surface area contributed by atoms with Gasteiger partial charge in [-0.2, -0.15) is 0 Å². The van der Waals surface area contributed by atoms with E-state index in [-0.39, 0.29) is 11.1 Å². The highest BCUT2D eigenvalue weighted by Gasteiger charge is 2.60. The summed E-state index contributed by atoms with van der Waals surface area (Å²) in [4.78, 5) is 48.3. The van der Waals surface area contributed by atoms with Gasteiger partial charge >= 0.3 is 18.0 Å². The fourth-order valence-electron chi connectivity index (χ4n) is 3.50. The van der Waals surface area contributed by atoms with E-state index in [1.165, 1.54) is 24.3 Å². The van der Waals surface area contributed by atoms with Crippen LogP contribution in [0.15, 0.2) is 72.9 Å². The molecule has 0 radical (unpaired) electrons. The van der Waals surface area contributed by atoms with Gasteiger partial charge in [0.25, 0.3) is 0 Å². The first-order chi connectivity index (χ1) is 16.6. The lowest BCUT2D eigenvalue weighted by atomic mass is 9.97. The Labute approximate surface area is 199 Å². The third-order valence-corrected chi connectivity index (χ3v) is 5.19. The van der Waals surface area contributed by atoms with Crippen molar-refractivity contribution in [3.05, 3.63) is 84.1 Å². The van der Waals surface area contributed by atoms with Crippen LogP contribution >= 0.6 is 0 Å². The van der Waals surface area contributed by atoms with Crippen molar-refractivity contribution in [2.24, 2.45) is 5.73 Å². The molecule has 2 aromatic rings. The van der Waals surface area contributed by atoms with Gasteiger partial charge < -0.3 is 25.1 Å². The maximum absolute atomic E-state index is 16.1. The van der Waals surface area contributed by atoms with E-state index >= 15 is 4.39 Å². The molecule has 10 nitrogen and oxygen atoms in total. The Morgan fingerprint density at radius 3 is 2.11 bits per heavy atom. The van der Waals surface area contributed by atoms with Gasteiger partial charge in [0.2, 0.25) is 5.91 Å². The van der Waals surface area contributed by atoms with Crippen molar-refractivity contribution in [3.8, 4) is 0 Å². The van der Waals surface area contributed by atoms with Gasteiger partial charge in [0.05, 0.1) is 11.1 Å². The first-order valence-electron chi connectivity index (χ1n) is 10.4. The highest BCUT2D eigenvalue weighted by Crippen LogP contribution is 2.39. The predicted molar refractivity (Wildman–Crippen MR) is 119 cm³/mol. The van der Waals surface area contributed by atoms with Crippen LogP contribution < -0.4 is 5.73 Å². The molecule has 2 aromatic carbocycles. The lowest BCUT2D eigenvalue weighted by Crippen LogP contribution is -2.51. The van der Waals surface area contributed by atoms with Crippen LogP contribution in [0.2, 0.25) is 0 Å². The van der Waals surface area contributed by atoms with E-state index < -0.39 is 54.7 Å². The second-order valence-corrected chi connectivity index (χ2v) is 7.74. The molecule has 184 valence electrons. The molecule has 0 saturated carbocycles. The number of carbonyl (C=O) groups is 4. The minimum absolute atomic E-state index is 0.121. The van der Waals surface area contributed by atoms with Gasteiger partial charge in [0, 0.05) is 12.3 Å². The topological polar surface area (TPSA) is 145 Å². The van der Waals surface area contributed by atoms with E-state index in [4.69, 9.17) is 19.9 Å². The van der Waals surface area contributed by atoms with Gasteiger partial charge in [-0.1, -0.05) is 36.4 Å². The molecule has 2 amide bonds. The molecule has 0 aliphatic carbocycles. The van der Waals surface area contributed by atoms with Crippen LogP contribution in [-0.2, 0) is 19.0 Å². The molecule has 1 saturated heterocycles. The van der Waals surface area contributed by atoms with E-state index in [2.05, 4.69) is 0 Å². The molecule has 1 heterocycles. The molecule has 0 unspecified atom stereocenters. The third kappa shape index (κ3) is 6.01. The SMILES string of the molecule is C[C@@]1(F)[C@H](OC(=O)c2ccccc2)[C@@H](COC(=O)c2ccccc2)O[C@H]1N(/C=C\C(N)=O)C(=O)O. The fourth-order valence-corrected chi connectivity index (χ4v) is 3.50. The zero-order valence-corrected chi connectivity index (χ0v) is 18.6. The largest absolute Gasteiger partial charge is 0.465 e. The van der Waals surface area contributed by atoms with E-state index in [0.717, 1.165) is 13.1 Å². The fraction of sp³-hybridized carbons (Fsp3) is 0.250. The standard InChI is InChI=1S/C24H23FN2O8/c1-24(25)19(35-21(30)16-10-6-3-7-11-16)17(14-33-20(29)15-8-4-2-5-9-15)34-22(24)27(23(31)32)13-12-18(26)28/h2-13,17,19,22H,14H2,1H3,(H2,26,28)(H,31,32)/b13-12-/t17-,19-,22-,24-/m1/s1. The van der Waals surface area contributed by atoms with Gasteiger partial charge in [-0.3, -0.25) is 9.69 Å². The average molecular weight is 486 g/mol. The highest BCUT2D eigenvalue weighted by atomic mass is 19.1. The number of nitrogens with two attached hydrogens (primary N) is 1. The Morgan fingerprint density at radius 2 is 1.60 bits per heavy atom. The van der Waals surface area contributed by atoms with E-state index in [1.54, 1.807) is 36.4 Å². The van der Waals surface area contributed by atoms with E-state index in [9.17, 15) is 24.3 Å². The molecule has 4 atom stereocenters. The van der Waals surface area contributed by atoms with Crippen LogP contribution in [0.4, 0.5) is 9.18 Å². The van der Waals surface area contributed by atoms with Gasteiger partial charge in [-0.25, -0.2) is 18.8 Å². The highest BCUT2D eigenvalue weighted by molar-refractivity contribution is 5.90. The monoisotopic (exact) mass is 486 g/mol. The molecular formula is C24H23FN2O8. The van der Waals surface area contributed by atoms with Crippen molar-refractivity contribution >= 4 is 23.9 Å². The Kier molecular flexibility index (Phi) is 7.82. The summed E-state index contributed by atoms with van der Waals surface area (Å²) in [5.41, 5.74) is 2.75. The van der Waals surface area contributed by atoms with Crippen molar-refractivity contribution in [3.63, 3.8) is 0 Å². The first-order valence-corrected chi connectivity index (χ1v) is 10.4. The Morgan fingerprint density at radius 1 is 1.06 bits per heavy atom. The number of amides is 2. The molecule has 0 aromatic heterocycles. The van der Waals surface area contributed by atoms with Crippen molar-refractivity contribution in [1.82, 2.24) is 4.90 Å². The number of nitrogens with zero attached hydrogens (tertiary/aromatic N) is 1. The number of benzene rings is 2. The lowest BCUT2D eigenvalue weighted by Gasteiger charge is -2.31. The molecule has 1 aliphatic rings. The smallest absolute Gasteiger partial charge is 0.413 e. The first kappa shape index (κ1) is 25.4. The van der Waals surface area contributed by atoms with Crippen LogP contribution in [0.5, 0.6) is 0 Å². The maximum atomic E-state index is 16.1. The summed E-state index contributed by atoms with van der Waals surface area (Å²) < 4.78 is 32.2. The minimum Gasteiger partial charge on any atom is -0.465 e. The van der Waals surface area contributed by atoms with Crippen molar-refractivity contribution < 1.29 is 42.9 Å². The number of halogens is 1. The Balaban J connectivity index is 1.88. The van der Waals surface area contributed by atoms with Gasteiger partial charge in [-0.05, 0) is 31.2 Å².